The van der Waals surface area contributed by atoms with Crippen LogP contribution in [-0.4, -0.2) is 20.4 Å². The average molecular weight is 305 g/mol. The van der Waals surface area contributed by atoms with E-state index in [0.717, 1.165) is 0 Å². The number of hydrogen-bond donors (Lipinski definition) is 2. The van der Waals surface area contributed by atoms with Crippen LogP contribution < -0.4 is 10.6 Å². The molecule has 2 rings (SSSR count). The van der Waals surface area contributed by atoms with E-state index < -0.39 is 16.3 Å². The lowest BCUT2D eigenvalue weighted by Crippen LogP contribution is -2.27. The zero-order chi connectivity index (χ0) is 16.3. The van der Waals surface area contributed by atoms with Gasteiger partial charge < -0.3 is 10.6 Å². The molecule has 0 fully saturated rings. The quantitative estimate of drug-likeness (QED) is 0.663. The zero-order valence-electron chi connectivity index (χ0n) is 12.4. The minimum Gasteiger partial charge on any atom is -0.360 e. The predicted octanol–water partition coefficient (Wildman–Crippen LogP) is 3.48. The van der Waals surface area contributed by atoms with E-state index in [4.69, 9.17) is 0 Å². The minimum absolute atomic E-state index is 0.0401. The number of rotatable bonds is 4. The van der Waals surface area contributed by atoms with Crippen LogP contribution in [0.1, 0.15) is 20.8 Å². The van der Waals surface area contributed by atoms with Crippen molar-refractivity contribution in [1.29, 1.82) is 0 Å². The maximum atomic E-state index is 12.9. The summed E-state index contributed by atoms with van der Waals surface area (Å²) in [4.78, 5) is 18.7. The molecule has 0 aliphatic rings. The van der Waals surface area contributed by atoms with Crippen LogP contribution in [0.4, 0.5) is 27.4 Å². The predicted molar refractivity (Wildman–Crippen MR) is 81.7 cm³/mol. The van der Waals surface area contributed by atoms with Gasteiger partial charge in [0.1, 0.15) is 12.1 Å². The molecule has 8 heteroatoms. The average Bonchev–Trinajstić information content (AvgIpc) is 2.39. The van der Waals surface area contributed by atoms with E-state index in [1.807, 2.05) is 20.8 Å². The van der Waals surface area contributed by atoms with Crippen LogP contribution in [0.3, 0.4) is 0 Å². The van der Waals surface area contributed by atoms with Gasteiger partial charge in [0.25, 0.3) is 0 Å². The van der Waals surface area contributed by atoms with Gasteiger partial charge in [-0.1, -0.05) is 0 Å². The summed E-state index contributed by atoms with van der Waals surface area (Å²) < 4.78 is 12.9. The highest BCUT2D eigenvalue weighted by Gasteiger charge is 2.25. The first-order valence-electron chi connectivity index (χ1n) is 6.56. The van der Waals surface area contributed by atoms with Crippen molar-refractivity contribution in [1.82, 2.24) is 9.97 Å². The van der Waals surface area contributed by atoms with E-state index >= 15 is 0 Å². The molecule has 0 saturated heterocycles. The third kappa shape index (κ3) is 3.87. The van der Waals surface area contributed by atoms with Gasteiger partial charge in [0.15, 0.2) is 0 Å². The summed E-state index contributed by atoms with van der Waals surface area (Å²) >= 11 is 0. The lowest BCUT2D eigenvalue weighted by atomic mass is 10.1. The number of benzene rings is 1. The van der Waals surface area contributed by atoms with E-state index in [9.17, 15) is 14.5 Å². The Kier molecular flexibility index (Phi) is 4.20. The van der Waals surface area contributed by atoms with Gasteiger partial charge in [-0.3, -0.25) is 10.1 Å². The topological polar surface area (TPSA) is 93.0 Å². The molecule has 1 heterocycles. The molecule has 0 spiro atoms. The largest absolute Gasteiger partial charge is 0.360 e. The van der Waals surface area contributed by atoms with Crippen LogP contribution in [0.2, 0.25) is 0 Å². The molecule has 0 aliphatic carbocycles. The van der Waals surface area contributed by atoms with Gasteiger partial charge in [-0.05, 0) is 45.0 Å². The Labute approximate surface area is 126 Å². The van der Waals surface area contributed by atoms with Crippen LogP contribution in [0.15, 0.2) is 30.6 Å². The number of hydrogen-bond acceptors (Lipinski definition) is 6. The fourth-order valence-electron chi connectivity index (χ4n) is 1.76. The Morgan fingerprint density at radius 1 is 1.14 bits per heavy atom. The van der Waals surface area contributed by atoms with Crippen molar-refractivity contribution in [2.75, 3.05) is 10.6 Å². The molecule has 1 aromatic heterocycles. The molecule has 0 atom stereocenters. The standard InChI is InChI=1S/C14H16FN5O2/c1-14(2,3)19-13-11(20(21)22)12(16-8-17-13)18-10-6-4-9(15)5-7-10/h4-8H,1-3H3,(H2,16,17,18,19). The van der Waals surface area contributed by atoms with Crippen molar-refractivity contribution in [3.8, 4) is 0 Å². The lowest BCUT2D eigenvalue weighted by molar-refractivity contribution is -0.383. The third-order valence-electron chi connectivity index (χ3n) is 2.61. The van der Waals surface area contributed by atoms with Crippen molar-refractivity contribution in [2.24, 2.45) is 0 Å². The molecular formula is C14H16FN5O2. The van der Waals surface area contributed by atoms with Gasteiger partial charge in [-0.25, -0.2) is 14.4 Å². The smallest absolute Gasteiger partial charge is 0.353 e. The highest BCUT2D eigenvalue weighted by Crippen LogP contribution is 2.32. The van der Waals surface area contributed by atoms with E-state index in [-0.39, 0.29) is 17.3 Å². The second-order valence-electron chi connectivity index (χ2n) is 5.68. The van der Waals surface area contributed by atoms with Crippen LogP contribution in [0, 0.1) is 15.9 Å². The van der Waals surface area contributed by atoms with Crippen molar-refractivity contribution >= 4 is 23.0 Å². The molecule has 22 heavy (non-hydrogen) atoms. The number of nitrogens with one attached hydrogen (secondary N) is 2. The molecule has 0 radical (unpaired) electrons. The van der Waals surface area contributed by atoms with Gasteiger partial charge in [-0.15, -0.1) is 0 Å². The molecule has 7 nitrogen and oxygen atoms in total. The summed E-state index contributed by atoms with van der Waals surface area (Å²) in [5.74, 6) is -0.228. The number of anilines is 3. The van der Waals surface area contributed by atoms with Crippen LogP contribution in [0.5, 0.6) is 0 Å². The molecule has 116 valence electrons. The second-order valence-corrected chi connectivity index (χ2v) is 5.68. The van der Waals surface area contributed by atoms with Crippen molar-refractivity contribution in [3.05, 3.63) is 46.5 Å². The van der Waals surface area contributed by atoms with Gasteiger partial charge in [-0.2, -0.15) is 0 Å². The van der Waals surface area contributed by atoms with Crippen molar-refractivity contribution in [2.45, 2.75) is 26.3 Å². The molecular weight excluding hydrogens is 289 g/mol. The first kappa shape index (κ1) is 15.6. The number of aromatic nitrogens is 2. The van der Waals surface area contributed by atoms with E-state index in [1.165, 1.54) is 30.6 Å². The molecule has 2 aromatic rings. The van der Waals surface area contributed by atoms with Gasteiger partial charge >= 0.3 is 5.69 Å². The summed E-state index contributed by atoms with van der Waals surface area (Å²) in [5, 5.41) is 17.1. The summed E-state index contributed by atoms with van der Waals surface area (Å²) in [6.07, 6.45) is 1.23. The van der Waals surface area contributed by atoms with Gasteiger partial charge in [0, 0.05) is 11.2 Å². The van der Waals surface area contributed by atoms with E-state index in [1.54, 1.807) is 0 Å². The Morgan fingerprint density at radius 3 is 2.27 bits per heavy atom. The molecule has 0 bridgehead atoms. The lowest BCUT2D eigenvalue weighted by Gasteiger charge is -2.21. The first-order chi connectivity index (χ1) is 10.3. The molecule has 1 aromatic carbocycles. The Hall–Kier alpha value is -2.77. The van der Waals surface area contributed by atoms with E-state index in [2.05, 4.69) is 20.6 Å². The normalized spacial score (nSPS) is 11.1. The number of nitrogens with zero attached hydrogens (tertiary/aromatic N) is 3. The Bertz CT molecular complexity index is 683. The Morgan fingerprint density at radius 2 is 1.73 bits per heavy atom. The summed E-state index contributed by atoms with van der Waals surface area (Å²) in [5.41, 5.74) is -0.168. The maximum absolute atomic E-state index is 12.9. The fourth-order valence-corrected chi connectivity index (χ4v) is 1.76. The van der Waals surface area contributed by atoms with Crippen molar-refractivity contribution < 1.29 is 9.31 Å². The molecule has 0 saturated carbocycles. The minimum atomic E-state index is -0.556. The zero-order valence-corrected chi connectivity index (χ0v) is 12.4. The summed E-state index contributed by atoms with van der Waals surface area (Å²) in [6, 6.07) is 5.45. The summed E-state index contributed by atoms with van der Waals surface area (Å²) in [6.45, 7) is 5.60. The van der Waals surface area contributed by atoms with Gasteiger partial charge in [0.2, 0.25) is 11.6 Å². The molecule has 0 unspecified atom stereocenters. The second kappa shape index (κ2) is 5.92. The fraction of sp³-hybridized carbons (Fsp3) is 0.286. The van der Waals surface area contributed by atoms with Crippen molar-refractivity contribution in [3.63, 3.8) is 0 Å². The monoisotopic (exact) mass is 305 g/mol. The number of halogens is 1. The third-order valence-corrected chi connectivity index (χ3v) is 2.61. The van der Waals surface area contributed by atoms with Gasteiger partial charge in [0.05, 0.1) is 4.92 Å². The van der Waals surface area contributed by atoms with E-state index in [0.29, 0.717) is 5.69 Å². The highest BCUT2D eigenvalue weighted by atomic mass is 19.1. The Balaban J connectivity index is 2.40. The van der Waals surface area contributed by atoms with Crippen LogP contribution in [0.25, 0.3) is 0 Å². The first-order valence-corrected chi connectivity index (χ1v) is 6.56. The molecule has 0 aliphatic heterocycles. The maximum Gasteiger partial charge on any atom is 0.353 e. The van der Waals surface area contributed by atoms with Crippen LogP contribution >= 0.6 is 0 Å². The SMILES string of the molecule is CC(C)(C)Nc1ncnc(Nc2ccc(F)cc2)c1[N+](=O)[O-]. The number of nitro groups is 1. The molecule has 0 amide bonds. The van der Waals surface area contributed by atoms with Crippen LogP contribution in [-0.2, 0) is 0 Å². The summed E-state index contributed by atoms with van der Waals surface area (Å²) in [7, 11) is 0. The highest BCUT2D eigenvalue weighted by molar-refractivity contribution is 5.74. The molecule has 2 N–H and O–H groups in total.